The van der Waals surface area contributed by atoms with E-state index in [9.17, 15) is 9.90 Å². The predicted octanol–water partition coefficient (Wildman–Crippen LogP) is 6.05. The van der Waals surface area contributed by atoms with Gasteiger partial charge in [-0.3, -0.25) is 4.79 Å². The molecule has 0 aromatic carbocycles. The van der Waals surface area contributed by atoms with E-state index < -0.39 is 5.60 Å². The molecule has 3 aliphatic rings. The molecule has 1 saturated heterocycles. The summed E-state index contributed by atoms with van der Waals surface area (Å²) < 4.78 is 0. The molecule has 0 aromatic heterocycles. The standard InChI is InChI=1S/C24H40BrNO2/c1-18(20-11-12-21-19(17-25)10-8-13-23(20,21)2)9-7-14-24(3,28)22(27)26-15-5-4-6-16-26/h17-18,20-21,28H,4-16H2,1-3H3/b19-17+/t18-,20-,21?,23-,24-/m1/s1. The molecule has 4 heteroatoms. The van der Waals surface area contributed by atoms with Crippen LogP contribution in [0.1, 0.15) is 91.4 Å². The first-order chi connectivity index (χ1) is 13.3. The number of fused-ring (bicyclic) bond motifs is 1. The molecule has 5 atom stereocenters. The number of nitrogens with zero attached hydrogens (tertiary/aromatic N) is 1. The van der Waals surface area contributed by atoms with E-state index in [1.54, 1.807) is 12.5 Å². The van der Waals surface area contributed by atoms with Crippen LogP contribution < -0.4 is 0 Å². The quantitative estimate of drug-likeness (QED) is 0.531. The number of carbonyl (C=O) groups excluding carboxylic acids is 1. The summed E-state index contributed by atoms with van der Waals surface area (Å²) in [5, 5.41) is 10.8. The van der Waals surface area contributed by atoms with Gasteiger partial charge in [0.1, 0.15) is 5.60 Å². The first-order valence-electron chi connectivity index (χ1n) is 11.6. The highest BCUT2D eigenvalue weighted by Gasteiger charge is 2.50. The summed E-state index contributed by atoms with van der Waals surface area (Å²) in [7, 11) is 0. The SMILES string of the molecule is C[C@H](CCC[C@@](C)(O)C(=O)N1CCCCC1)[C@H]1CCC2/C(=C/Br)CCC[C@@]21C. The van der Waals surface area contributed by atoms with Crippen LogP contribution in [-0.4, -0.2) is 34.6 Å². The van der Waals surface area contributed by atoms with Gasteiger partial charge in [0.15, 0.2) is 0 Å². The third kappa shape index (κ3) is 4.53. The van der Waals surface area contributed by atoms with Crippen LogP contribution in [0.4, 0.5) is 0 Å². The van der Waals surface area contributed by atoms with Crippen molar-refractivity contribution in [1.29, 1.82) is 0 Å². The van der Waals surface area contributed by atoms with E-state index in [1.807, 2.05) is 4.90 Å². The molecule has 0 aromatic rings. The Hall–Kier alpha value is -0.350. The van der Waals surface area contributed by atoms with Crippen molar-refractivity contribution in [2.45, 2.75) is 97.0 Å². The van der Waals surface area contributed by atoms with Crippen molar-refractivity contribution in [3.05, 3.63) is 10.6 Å². The molecule has 1 aliphatic heterocycles. The smallest absolute Gasteiger partial charge is 0.254 e. The maximum absolute atomic E-state index is 12.7. The fraction of sp³-hybridized carbons (Fsp3) is 0.875. The van der Waals surface area contributed by atoms with Gasteiger partial charge < -0.3 is 10.0 Å². The zero-order chi connectivity index (χ0) is 20.4. The largest absolute Gasteiger partial charge is 0.380 e. The average Bonchev–Trinajstić information content (AvgIpc) is 3.04. The first-order valence-corrected chi connectivity index (χ1v) is 12.5. The van der Waals surface area contributed by atoms with E-state index in [2.05, 4.69) is 34.8 Å². The van der Waals surface area contributed by atoms with Gasteiger partial charge in [0.05, 0.1) is 0 Å². The maximum Gasteiger partial charge on any atom is 0.254 e. The van der Waals surface area contributed by atoms with Gasteiger partial charge in [0, 0.05) is 13.1 Å². The normalized spacial score (nSPS) is 35.5. The lowest BCUT2D eigenvalue weighted by molar-refractivity contribution is -0.151. The molecule has 2 saturated carbocycles. The number of rotatable bonds is 6. The fourth-order valence-electron chi connectivity index (χ4n) is 6.66. The van der Waals surface area contributed by atoms with Gasteiger partial charge in [-0.05, 0) is 99.3 Å². The van der Waals surface area contributed by atoms with Crippen molar-refractivity contribution in [3.63, 3.8) is 0 Å². The minimum Gasteiger partial charge on any atom is -0.380 e. The molecular formula is C24H40BrNO2. The Morgan fingerprint density at radius 3 is 2.71 bits per heavy atom. The van der Waals surface area contributed by atoms with Crippen molar-refractivity contribution in [2.24, 2.45) is 23.2 Å². The number of amides is 1. The number of hydrogen-bond acceptors (Lipinski definition) is 2. The van der Waals surface area contributed by atoms with E-state index in [4.69, 9.17) is 0 Å². The second kappa shape index (κ2) is 9.20. The Bertz CT molecular complexity index is 581. The molecule has 2 aliphatic carbocycles. The third-order valence-corrected chi connectivity index (χ3v) is 8.88. The number of halogens is 1. The minimum absolute atomic E-state index is 0.0490. The van der Waals surface area contributed by atoms with Crippen LogP contribution in [0.15, 0.2) is 10.6 Å². The van der Waals surface area contributed by atoms with Crippen LogP contribution in [0, 0.1) is 23.2 Å². The average molecular weight is 454 g/mol. The highest BCUT2D eigenvalue weighted by atomic mass is 79.9. The Labute approximate surface area is 180 Å². The van der Waals surface area contributed by atoms with Gasteiger partial charge in [-0.1, -0.05) is 41.8 Å². The van der Waals surface area contributed by atoms with E-state index in [0.29, 0.717) is 17.8 Å². The highest BCUT2D eigenvalue weighted by molar-refractivity contribution is 9.11. The molecule has 3 rings (SSSR count). The lowest BCUT2D eigenvalue weighted by Crippen LogP contribution is -2.49. The Kier molecular flexibility index (Phi) is 7.34. The summed E-state index contributed by atoms with van der Waals surface area (Å²) in [6.07, 6.45) is 12.6. The number of likely N-dealkylation sites (tertiary alicyclic amines) is 1. The molecule has 0 radical (unpaired) electrons. The molecule has 0 bridgehead atoms. The predicted molar refractivity (Wildman–Crippen MR) is 119 cm³/mol. The number of aliphatic hydroxyl groups is 1. The molecule has 160 valence electrons. The van der Waals surface area contributed by atoms with Crippen LogP contribution in [-0.2, 0) is 4.79 Å². The summed E-state index contributed by atoms with van der Waals surface area (Å²) in [6, 6.07) is 0. The molecular weight excluding hydrogens is 414 g/mol. The van der Waals surface area contributed by atoms with Gasteiger partial charge in [0.2, 0.25) is 0 Å². The van der Waals surface area contributed by atoms with Crippen molar-refractivity contribution in [1.82, 2.24) is 4.90 Å². The van der Waals surface area contributed by atoms with Crippen molar-refractivity contribution >= 4 is 21.8 Å². The molecule has 1 heterocycles. The summed E-state index contributed by atoms with van der Waals surface area (Å²) in [6.45, 7) is 8.30. The molecule has 28 heavy (non-hydrogen) atoms. The number of piperidine rings is 1. The minimum atomic E-state index is -1.20. The number of allylic oxidation sites excluding steroid dienone is 1. The fourth-order valence-corrected chi connectivity index (χ4v) is 7.21. The van der Waals surface area contributed by atoms with Gasteiger partial charge >= 0.3 is 0 Å². The lowest BCUT2D eigenvalue weighted by Gasteiger charge is -2.44. The van der Waals surface area contributed by atoms with Gasteiger partial charge in [-0.25, -0.2) is 0 Å². The Morgan fingerprint density at radius 1 is 1.32 bits per heavy atom. The second-order valence-corrected chi connectivity index (χ2v) is 10.7. The van der Waals surface area contributed by atoms with Crippen LogP contribution >= 0.6 is 15.9 Å². The molecule has 0 spiro atoms. The molecule has 1 unspecified atom stereocenters. The van der Waals surface area contributed by atoms with Gasteiger partial charge in [0.25, 0.3) is 5.91 Å². The van der Waals surface area contributed by atoms with Gasteiger partial charge in [-0.15, -0.1) is 0 Å². The van der Waals surface area contributed by atoms with Crippen LogP contribution in [0.25, 0.3) is 0 Å². The van der Waals surface area contributed by atoms with E-state index in [-0.39, 0.29) is 5.91 Å². The van der Waals surface area contributed by atoms with Crippen LogP contribution in [0.2, 0.25) is 0 Å². The Balaban J connectivity index is 1.52. The summed E-state index contributed by atoms with van der Waals surface area (Å²) in [4.78, 5) is 16.8. The highest BCUT2D eigenvalue weighted by Crippen LogP contribution is 2.60. The summed E-state index contributed by atoms with van der Waals surface area (Å²) in [5.74, 6) is 2.12. The number of carbonyl (C=O) groups is 1. The molecule has 1 amide bonds. The molecule has 1 N–H and O–H groups in total. The molecule has 3 nitrogen and oxygen atoms in total. The Morgan fingerprint density at radius 2 is 2.04 bits per heavy atom. The maximum atomic E-state index is 12.7. The third-order valence-electron chi connectivity index (χ3n) is 8.29. The summed E-state index contributed by atoms with van der Waals surface area (Å²) in [5.41, 5.74) is 0.859. The monoisotopic (exact) mass is 453 g/mol. The summed E-state index contributed by atoms with van der Waals surface area (Å²) >= 11 is 3.61. The lowest BCUT2D eigenvalue weighted by atomic mass is 9.61. The van der Waals surface area contributed by atoms with E-state index >= 15 is 0 Å². The zero-order valence-electron chi connectivity index (χ0n) is 18.2. The zero-order valence-corrected chi connectivity index (χ0v) is 19.8. The van der Waals surface area contributed by atoms with E-state index in [0.717, 1.165) is 50.6 Å². The number of hydrogen-bond donors (Lipinski definition) is 1. The van der Waals surface area contributed by atoms with E-state index in [1.165, 1.54) is 38.5 Å². The van der Waals surface area contributed by atoms with Crippen molar-refractivity contribution in [2.75, 3.05) is 13.1 Å². The van der Waals surface area contributed by atoms with Crippen LogP contribution in [0.3, 0.4) is 0 Å². The topological polar surface area (TPSA) is 40.5 Å². The van der Waals surface area contributed by atoms with Gasteiger partial charge in [-0.2, -0.15) is 0 Å². The van der Waals surface area contributed by atoms with Crippen molar-refractivity contribution < 1.29 is 9.90 Å². The molecule has 3 fully saturated rings. The van der Waals surface area contributed by atoms with Crippen LogP contribution in [0.5, 0.6) is 0 Å². The first kappa shape index (κ1) is 22.3. The second-order valence-electron chi connectivity index (χ2n) is 10.3. The van der Waals surface area contributed by atoms with Crippen molar-refractivity contribution in [3.8, 4) is 0 Å².